The lowest BCUT2D eigenvalue weighted by atomic mass is 9.88. The third kappa shape index (κ3) is 4.02. The van der Waals surface area contributed by atoms with Crippen LogP contribution < -0.4 is 4.72 Å². The van der Waals surface area contributed by atoms with Gasteiger partial charge in [0.05, 0.1) is 4.90 Å². The maximum Gasteiger partial charge on any atom is 0.322 e. The fourth-order valence-electron chi connectivity index (χ4n) is 1.48. The molecule has 0 aliphatic rings. The van der Waals surface area contributed by atoms with Crippen LogP contribution in [-0.2, 0) is 14.8 Å². The molecule has 7 heteroatoms. The van der Waals surface area contributed by atoms with Crippen molar-refractivity contribution >= 4 is 31.9 Å². The number of aliphatic carboxylic acids is 1. The average molecular weight is 350 g/mol. The SMILES string of the molecule is CC(C)(C)[C@H](NS(=O)(=O)c1ccccc1Br)C(=O)O. The van der Waals surface area contributed by atoms with Gasteiger partial charge in [0.1, 0.15) is 6.04 Å². The van der Waals surface area contributed by atoms with Gasteiger partial charge >= 0.3 is 5.97 Å². The Kier molecular flexibility index (Phi) is 4.76. The molecule has 2 N–H and O–H groups in total. The molecular formula is C12H16BrNO4S. The van der Waals surface area contributed by atoms with E-state index in [2.05, 4.69) is 20.7 Å². The first-order valence-electron chi connectivity index (χ1n) is 5.55. The molecule has 0 radical (unpaired) electrons. The largest absolute Gasteiger partial charge is 0.480 e. The Morgan fingerprint density at radius 2 is 1.84 bits per heavy atom. The summed E-state index contributed by atoms with van der Waals surface area (Å²) in [6, 6.07) is 5.05. The predicted molar refractivity (Wildman–Crippen MR) is 75.3 cm³/mol. The molecule has 1 aromatic rings. The molecule has 0 aliphatic carbocycles. The zero-order valence-electron chi connectivity index (χ0n) is 10.8. The molecule has 1 atom stereocenters. The molecule has 0 aliphatic heterocycles. The number of carbonyl (C=O) groups is 1. The lowest BCUT2D eigenvalue weighted by molar-refractivity contribution is -0.141. The van der Waals surface area contributed by atoms with Gasteiger partial charge in [-0.1, -0.05) is 32.9 Å². The summed E-state index contributed by atoms with van der Waals surface area (Å²) >= 11 is 3.14. The molecule has 0 bridgehead atoms. The zero-order valence-corrected chi connectivity index (χ0v) is 13.2. The minimum atomic E-state index is -3.90. The number of carboxylic acids is 1. The Morgan fingerprint density at radius 3 is 2.26 bits per heavy atom. The highest BCUT2D eigenvalue weighted by Gasteiger charge is 2.35. The van der Waals surface area contributed by atoms with Crippen molar-refractivity contribution in [3.8, 4) is 0 Å². The van der Waals surface area contributed by atoms with Crippen LogP contribution in [-0.4, -0.2) is 25.5 Å². The van der Waals surface area contributed by atoms with Gasteiger partial charge in [0.2, 0.25) is 10.0 Å². The van der Waals surface area contributed by atoms with Crippen LogP contribution in [0.1, 0.15) is 20.8 Å². The average Bonchev–Trinajstić information content (AvgIpc) is 2.24. The third-order valence-electron chi connectivity index (χ3n) is 2.51. The van der Waals surface area contributed by atoms with Crippen LogP contribution in [0.5, 0.6) is 0 Å². The summed E-state index contributed by atoms with van der Waals surface area (Å²) in [6.07, 6.45) is 0. The van der Waals surface area contributed by atoms with Crippen molar-refractivity contribution in [2.24, 2.45) is 5.41 Å². The molecule has 0 saturated carbocycles. The Balaban J connectivity index is 3.16. The van der Waals surface area contributed by atoms with Gasteiger partial charge in [-0.05, 0) is 33.5 Å². The first-order valence-corrected chi connectivity index (χ1v) is 7.83. The van der Waals surface area contributed by atoms with Gasteiger partial charge in [0.25, 0.3) is 0 Å². The standard InChI is InChI=1S/C12H16BrNO4S/c1-12(2,3)10(11(15)16)14-19(17,18)9-7-5-4-6-8(9)13/h4-7,10,14H,1-3H3,(H,15,16)/t10-/m1/s1. The van der Waals surface area contributed by atoms with Gasteiger partial charge in [-0.25, -0.2) is 8.42 Å². The molecule has 0 saturated heterocycles. The summed E-state index contributed by atoms with van der Waals surface area (Å²) in [4.78, 5) is 11.2. The van der Waals surface area contributed by atoms with E-state index in [0.717, 1.165) is 0 Å². The second-order valence-corrected chi connectivity index (χ2v) is 7.73. The summed E-state index contributed by atoms with van der Waals surface area (Å²) in [5.74, 6) is -1.21. The van der Waals surface area contributed by atoms with E-state index in [4.69, 9.17) is 5.11 Å². The summed E-state index contributed by atoms with van der Waals surface area (Å²) < 4.78 is 27.0. The Hall–Kier alpha value is -0.920. The van der Waals surface area contributed by atoms with Gasteiger partial charge in [0.15, 0.2) is 0 Å². The van der Waals surface area contributed by atoms with Crippen molar-refractivity contribution in [2.45, 2.75) is 31.7 Å². The van der Waals surface area contributed by atoms with Crippen LogP contribution in [0.25, 0.3) is 0 Å². The van der Waals surface area contributed by atoms with Crippen molar-refractivity contribution in [3.05, 3.63) is 28.7 Å². The molecule has 1 aromatic carbocycles. The maximum atomic E-state index is 12.2. The Labute approximate surface area is 121 Å². The molecule has 0 amide bonds. The number of rotatable bonds is 4. The normalized spacial score (nSPS) is 14.1. The molecule has 1 rings (SSSR count). The first-order chi connectivity index (χ1) is 8.55. The van der Waals surface area contributed by atoms with Gasteiger partial charge in [-0.2, -0.15) is 4.72 Å². The summed E-state index contributed by atoms with van der Waals surface area (Å²) in [5.41, 5.74) is -0.736. The number of benzene rings is 1. The molecular weight excluding hydrogens is 334 g/mol. The molecule has 19 heavy (non-hydrogen) atoms. The number of hydrogen-bond donors (Lipinski definition) is 2. The highest BCUT2D eigenvalue weighted by molar-refractivity contribution is 9.10. The second kappa shape index (κ2) is 5.60. The van der Waals surface area contributed by atoms with Crippen LogP contribution in [0.15, 0.2) is 33.6 Å². The van der Waals surface area contributed by atoms with Gasteiger partial charge < -0.3 is 5.11 Å². The number of hydrogen-bond acceptors (Lipinski definition) is 3. The van der Waals surface area contributed by atoms with E-state index in [0.29, 0.717) is 4.47 Å². The highest BCUT2D eigenvalue weighted by atomic mass is 79.9. The van der Waals surface area contributed by atoms with E-state index in [9.17, 15) is 13.2 Å². The maximum absolute atomic E-state index is 12.2. The fourth-order valence-corrected chi connectivity index (χ4v) is 3.88. The summed E-state index contributed by atoms with van der Waals surface area (Å²) in [6.45, 7) is 4.98. The molecule has 5 nitrogen and oxygen atoms in total. The molecule has 0 aromatic heterocycles. The van der Waals surface area contributed by atoms with Crippen LogP contribution in [0.2, 0.25) is 0 Å². The number of carboxylic acid groups (broad SMARTS) is 1. The number of sulfonamides is 1. The van der Waals surface area contributed by atoms with Gasteiger partial charge in [-0.15, -0.1) is 0 Å². The summed E-state index contributed by atoms with van der Waals surface area (Å²) in [5, 5.41) is 9.15. The third-order valence-corrected chi connectivity index (χ3v) is 4.95. The predicted octanol–water partition coefficient (Wildman–Crippen LogP) is 2.23. The van der Waals surface area contributed by atoms with Crippen LogP contribution in [0.3, 0.4) is 0 Å². The quantitative estimate of drug-likeness (QED) is 0.872. The van der Waals surface area contributed by atoms with Gasteiger partial charge in [0, 0.05) is 4.47 Å². The van der Waals surface area contributed by atoms with Crippen LogP contribution >= 0.6 is 15.9 Å². The highest BCUT2D eigenvalue weighted by Crippen LogP contribution is 2.25. The van der Waals surface area contributed by atoms with E-state index in [-0.39, 0.29) is 4.90 Å². The van der Waals surface area contributed by atoms with Crippen molar-refractivity contribution in [1.29, 1.82) is 0 Å². The molecule has 106 valence electrons. The first kappa shape index (κ1) is 16.1. The minimum absolute atomic E-state index is 0.0190. The topological polar surface area (TPSA) is 83.5 Å². The second-order valence-electron chi connectivity index (χ2n) is 5.19. The van der Waals surface area contributed by atoms with E-state index >= 15 is 0 Å². The van der Waals surface area contributed by atoms with Crippen molar-refractivity contribution in [1.82, 2.24) is 4.72 Å². The van der Waals surface area contributed by atoms with Gasteiger partial charge in [-0.3, -0.25) is 4.79 Å². The van der Waals surface area contributed by atoms with Crippen LogP contribution in [0, 0.1) is 5.41 Å². The lowest BCUT2D eigenvalue weighted by Gasteiger charge is -2.27. The molecule has 0 spiro atoms. The fraction of sp³-hybridized carbons (Fsp3) is 0.417. The van der Waals surface area contributed by atoms with E-state index in [1.54, 1.807) is 39.0 Å². The lowest BCUT2D eigenvalue weighted by Crippen LogP contribution is -2.49. The Morgan fingerprint density at radius 1 is 1.32 bits per heavy atom. The molecule has 0 heterocycles. The van der Waals surface area contributed by atoms with E-state index < -0.39 is 27.4 Å². The molecule has 0 unspecified atom stereocenters. The van der Waals surface area contributed by atoms with Crippen molar-refractivity contribution < 1.29 is 18.3 Å². The minimum Gasteiger partial charge on any atom is -0.480 e. The number of halogens is 1. The number of nitrogens with one attached hydrogen (secondary N) is 1. The zero-order chi connectivity index (χ0) is 14.8. The van der Waals surface area contributed by atoms with E-state index in [1.165, 1.54) is 6.07 Å². The van der Waals surface area contributed by atoms with E-state index in [1.807, 2.05) is 0 Å². The molecule has 0 fully saturated rings. The van der Waals surface area contributed by atoms with Crippen molar-refractivity contribution in [2.75, 3.05) is 0 Å². The monoisotopic (exact) mass is 349 g/mol. The smallest absolute Gasteiger partial charge is 0.322 e. The van der Waals surface area contributed by atoms with Crippen molar-refractivity contribution in [3.63, 3.8) is 0 Å². The van der Waals surface area contributed by atoms with Crippen LogP contribution in [0.4, 0.5) is 0 Å². The Bertz CT molecular complexity index is 578. The summed E-state index contributed by atoms with van der Waals surface area (Å²) in [7, 11) is -3.90.